The number of nitrogens with one attached hydrogen (secondary N) is 1. The standard InChI is InChI=1S/C25H34FNO7/c1-14-10-18-17-5-4-15-11-16(29)6-7-22(15,2)24(17,26)19(30)12-23(18,3)25(14,33)20(31)13-34-21(32)27-8-9-28/h6-7,11,14,17-19,28,30,33H,4-5,8-10,12-13H2,1-3H3,(H,27,32)/t14-,17?,18?,19?,22?,23?,24+,25+/m1/s1. The molecule has 4 aliphatic rings. The van der Waals surface area contributed by atoms with Gasteiger partial charge in [0.2, 0.25) is 5.78 Å². The van der Waals surface area contributed by atoms with Crippen molar-refractivity contribution in [3.05, 3.63) is 23.8 Å². The first kappa shape index (κ1) is 25.0. The highest BCUT2D eigenvalue weighted by Gasteiger charge is 2.75. The van der Waals surface area contributed by atoms with Crippen LogP contribution in [-0.4, -0.2) is 70.1 Å². The van der Waals surface area contributed by atoms with E-state index >= 15 is 4.39 Å². The molecule has 3 fully saturated rings. The molecule has 8 nitrogen and oxygen atoms in total. The second kappa shape index (κ2) is 8.24. The minimum atomic E-state index is -2.05. The van der Waals surface area contributed by atoms with Crippen molar-refractivity contribution in [2.75, 3.05) is 19.8 Å². The van der Waals surface area contributed by atoms with Gasteiger partial charge in [0, 0.05) is 23.3 Å². The molecule has 0 aromatic heterocycles. The van der Waals surface area contributed by atoms with E-state index in [-0.39, 0.29) is 25.4 Å². The quantitative estimate of drug-likeness (QED) is 0.471. The third-order valence-electron chi connectivity index (χ3n) is 9.36. The fourth-order valence-electron chi connectivity index (χ4n) is 7.59. The number of Topliss-reactive ketones (excluding diaryl/α,β-unsaturated/α-hetero) is 1. The van der Waals surface area contributed by atoms with Crippen molar-refractivity contribution in [1.29, 1.82) is 0 Å². The third kappa shape index (κ3) is 3.16. The van der Waals surface area contributed by atoms with Crippen molar-refractivity contribution in [2.45, 2.75) is 63.8 Å². The summed E-state index contributed by atoms with van der Waals surface area (Å²) < 4.78 is 22.1. The first-order valence-electron chi connectivity index (χ1n) is 11.9. The van der Waals surface area contributed by atoms with Crippen LogP contribution in [0.2, 0.25) is 0 Å². The molecule has 0 radical (unpaired) electrons. The van der Waals surface area contributed by atoms with Crippen molar-refractivity contribution in [3.8, 4) is 0 Å². The van der Waals surface area contributed by atoms with Gasteiger partial charge in [-0.05, 0) is 56.6 Å². The number of carbonyl (C=O) groups excluding carboxylic acids is 3. The van der Waals surface area contributed by atoms with Gasteiger partial charge < -0.3 is 25.4 Å². The summed E-state index contributed by atoms with van der Waals surface area (Å²) in [5.41, 5.74) is -5.56. The molecule has 5 unspecified atom stereocenters. The molecule has 0 aromatic carbocycles. The number of rotatable bonds is 5. The summed E-state index contributed by atoms with van der Waals surface area (Å²) >= 11 is 0. The lowest BCUT2D eigenvalue weighted by Crippen LogP contribution is -2.69. The summed E-state index contributed by atoms with van der Waals surface area (Å²) in [4.78, 5) is 36.9. The monoisotopic (exact) mass is 479 g/mol. The molecule has 0 bridgehead atoms. The first-order valence-corrected chi connectivity index (χ1v) is 11.9. The molecule has 188 valence electrons. The Morgan fingerprint density at radius 1 is 1.29 bits per heavy atom. The molecule has 4 aliphatic carbocycles. The zero-order chi connectivity index (χ0) is 25.1. The zero-order valence-corrected chi connectivity index (χ0v) is 19.8. The van der Waals surface area contributed by atoms with E-state index in [0.717, 1.165) is 0 Å². The van der Waals surface area contributed by atoms with E-state index in [4.69, 9.17) is 9.84 Å². The van der Waals surface area contributed by atoms with E-state index in [9.17, 15) is 24.6 Å². The Morgan fingerprint density at radius 3 is 2.68 bits per heavy atom. The van der Waals surface area contributed by atoms with Gasteiger partial charge in [-0.2, -0.15) is 0 Å². The Kier molecular flexibility index (Phi) is 6.06. The predicted molar refractivity (Wildman–Crippen MR) is 119 cm³/mol. The molecule has 0 aromatic rings. The molecule has 1 amide bonds. The van der Waals surface area contributed by atoms with Gasteiger partial charge in [-0.1, -0.05) is 25.5 Å². The van der Waals surface area contributed by atoms with Crippen molar-refractivity contribution < 1.29 is 38.8 Å². The molecule has 9 heteroatoms. The number of ketones is 2. The molecule has 34 heavy (non-hydrogen) atoms. The maximum atomic E-state index is 17.1. The molecule has 0 spiro atoms. The van der Waals surface area contributed by atoms with E-state index < -0.39 is 64.4 Å². The van der Waals surface area contributed by atoms with Crippen LogP contribution in [0.1, 0.15) is 46.5 Å². The molecule has 4 N–H and O–H groups in total. The van der Waals surface area contributed by atoms with Gasteiger partial charge >= 0.3 is 6.09 Å². The number of fused-ring (bicyclic) bond motifs is 5. The normalized spacial score (nSPS) is 45.0. The Hall–Kier alpha value is -2.10. The van der Waals surface area contributed by atoms with E-state index in [1.54, 1.807) is 26.8 Å². The van der Waals surface area contributed by atoms with E-state index in [1.165, 1.54) is 12.2 Å². The average molecular weight is 480 g/mol. The lowest BCUT2D eigenvalue weighted by molar-refractivity contribution is -0.219. The lowest BCUT2D eigenvalue weighted by Gasteiger charge is -2.62. The highest BCUT2D eigenvalue weighted by atomic mass is 19.1. The van der Waals surface area contributed by atoms with Crippen LogP contribution in [0.15, 0.2) is 23.8 Å². The lowest BCUT2D eigenvalue weighted by atomic mass is 9.44. The van der Waals surface area contributed by atoms with Gasteiger partial charge in [0.05, 0.1) is 12.7 Å². The summed E-state index contributed by atoms with van der Waals surface area (Å²) in [7, 11) is 0. The van der Waals surface area contributed by atoms with Crippen molar-refractivity contribution >= 4 is 17.7 Å². The van der Waals surface area contributed by atoms with Crippen molar-refractivity contribution in [3.63, 3.8) is 0 Å². The summed E-state index contributed by atoms with van der Waals surface area (Å²) in [5.74, 6) is -2.44. The number of alkyl halides is 1. The second-order valence-corrected chi connectivity index (χ2v) is 10.8. The topological polar surface area (TPSA) is 133 Å². The number of aliphatic hydroxyl groups excluding tert-OH is 2. The second-order valence-electron chi connectivity index (χ2n) is 10.8. The Bertz CT molecular complexity index is 965. The van der Waals surface area contributed by atoms with Crippen LogP contribution in [-0.2, 0) is 14.3 Å². The number of hydrogen-bond acceptors (Lipinski definition) is 7. The van der Waals surface area contributed by atoms with Gasteiger partial charge in [-0.15, -0.1) is 0 Å². The summed E-state index contributed by atoms with van der Waals surface area (Å²) in [6.45, 7) is 4.18. The molecule has 8 atom stereocenters. The summed E-state index contributed by atoms with van der Waals surface area (Å²) in [6, 6.07) is 0. The fourth-order valence-corrected chi connectivity index (χ4v) is 7.59. The Morgan fingerprint density at radius 2 is 2.00 bits per heavy atom. The molecular formula is C25H34FNO7. The predicted octanol–water partition coefficient (Wildman–Crippen LogP) is 1.62. The number of aliphatic hydroxyl groups is 3. The highest BCUT2D eigenvalue weighted by Crippen LogP contribution is 2.70. The highest BCUT2D eigenvalue weighted by molar-refractivity contribution is 6.01. The van der Waals surface area contributed by atoms with Crippen molar-refractivity contribution in [2.24, 2.45) is 28.6 Å². The molecule has 3 saturated carbocycles. The maximum Gasteiger partial charge on any atom is 0.407 e. The SMILES string of the molecule is C[C@@H]1CC2C3CCC4=CC(=O)C=CC4(C)[C@@]3(F)C(O)CC2(C)[C@@]1(O)C(=O)COC(=O)NCCO. The fraction of sp³-hybridized carbons (Fsp3) is 0.720. The number of ether oxygens (including phenoxy) is 1. The van der Waals surface area contributed by atoms with E-state index in [2.05, 4.69) is 5.32 Å². The van der Waals surface area contributed by atoms with Gasteiger partial charge in [0.15, 0.2) is 18.1 Å². The molecular weight excluding hydrogens is 445 g/mol. The van der Waals surface area contributed by atoms with Gasteiger partial charge in [-0.25, -0.2) is 9.18 Å². The summed E-state index contributed by atoms with van der Waals surface area (Å²) in [6.07, 6.45) is 3.17. The Labute approximate surface area is 198 Å². The number of alkyl carbamates (subject to hydrolysis) is 1. The molecule has 4 rings (SSSR count). The minimum Gasteiger partial charge on any atom is -0.441 e. The van der Waals surface area contributed by atoms with Crippen LogP contribution in [0.3, 0.4) is 0 Å². The zero-order valence-electron chi connectivity index (χ0n) is 19.8. The number of hydrogen-bond donors (Lipinski definition) is 4. The summed E-state index contributed by atoms with van der Waals surface area (Å²) in [5, 5.41) is 34.2. The maximum absolute atomic E-state index is 17.1. The number of carbonyl (C=O) groups is 3. The van der Waals surface area contributed by atoms with Crippen LogP contribution in [0.25, 0.3) is 0 Å². The van der Waals surface area contributed by atoms with Gasteiger partial charge in [0.1, 0.15) is 5.60 Å². The van der Waals surface area contributed by atoms with Gasteiger partial charge in [-0.3, -0.25) is 9.59 Å². The molecule has 0 saturated heterocycles. The smallest absolute Gasteiger partial charge is 0.407 e. The third-order valence-corrected chi connectivity index (χ3v) is 9.36. The van der Waals surface area contributed by atoms with Crippen molar-refractivity contribution in [1.82, 2.24) is 5.32 Å². The molecule has 0 heterocycles. The first-order chi connectivity index (χ1) is 15.9. The molecule has 0 aliphatic heterocycles. The van der Waals surface area contributed by atoms with Crippen LogP contribution in [0.5, 0.6) is 0 Å². The van der Waals surface area contributed by atoms with E-state index in [0.29, 0.717) is 24.8 Å². The minimum absolute atomic E-state index is 0.0326. The van der Waals surface area contributed by atoms with Crippen LogP contribution < -0.4 is 5.32 Å². The van der Waals surface area contributed by atoms with Crippen LogP contribution >= 0.6 is 0 Å². The number of halogens is 1. The van der Waals surface area contributed by atoms with Crippen LogP contribution in [0, 0.1) is 28.6 Å². The number of amides is 1. The largest absolute Gasteiger partial charge is 0.441 e. The average Bonchev–Trinajstić information content (AvgIpc) is 2.99. The van der Waals surface area contributed by atoms with Crippen LogP contribution in [0.4, 0.5) is 9.18 Å². The number of allylic oxidation sites excluding steroid dienone is 4. The van der Waals surface area contributed by atoms with Gasteiger partial charge in [0.25, 0.3) is 0 Å². The Balaban J connectivity index is 1.65. The van der Waals surface area contributed by atoms with E-state index in [1.807, 2.05) is 0 Å².